The number of aliphatic carboxylic acids is 1. The number of benzene rings is 1. The van der Waals surface area contributed by atoms with Crippen molar-refractivity contribution in [1.29, 1.82) is 0 Å². The second-order valence-corrected chi connectivity index (χ2v) is 3.72. The van der Waals surface area contributed by atoms with Gasteiger partial charge in [0.2, 0.25) is 0 Å². The minimum absolute atomic E-state index is 0.131. The van der Waals surface area contributed by atoms with Crippen LogP contribution >= 0.6 is 0 Å². The molecule has 0 aliphatic heterocycles. The van der Waals surface area contributed by atoms with Crippen LogP contribution in [0, 0.1) is 0 Å². The summed E-state index contributed by atoms with van der Waals surface area (Å²) in [6.07, 6.45) is 0. The molecule has 0 heterocycles. The molecule has 3 nitrogen and oxygen atoms in total. The summed E-state index contributed by atoms with van der Waals surface area (Å²) in [6, 6.07) is 7.41. The van der Waals surface area contributed by atoms with Gasteiger partial charge < -0.3 is 10.0 Å². The molecule has 0 fully saturated rings. The Labute approximate surface area is 89.6 Å². The molecule has 3 heteroatoms. The molecule has 0 aliphatic rings. The first kappa shape index (κ1) is 11.5. The van der Waals surface area contributed by atoms with Gasteiger partial charge in [0.1, 0.15) is 0 Å². The van der Waals surface area contributed by atoms with Crippen molar-refractivity contribution in [1.82, 2.24) is 4.90 Å². The third-order valence-corrected chi connectivity index (χ3v) is 2.06. The summed E-state index contributed by atoms with van der Waals surface area (Å²) >= 11 is 0. The van der Waals surface area contributed by atoms with Gasteiger partial charge in [-0.25, -0.2) is 4.79 Å². The van der Waals surface area contributed by atoms with Crippen LogP contribution in [-0.4, -0.2) is 30.1 Å². The Hall–Kier alpha value is -1.61. The average Bonchev–Trinajstić information content (AvgIpc) is 2.17. The molecule has 1 aromatic rings. The number of hydrogen-bond acceptors (Lipinski definition) is 2. The number of carbonyl (C=O) groups is 1. The van der Waals surface area contributed by atoms with E-state index in [1.54, 1.807) is 12.1 Å². The molecule has 1 rings (SSSR count). The smallest absolute Gasteiger partial charge is 0.335 e. The van der Waals surface area contributed by atoms with E-state index in [1.807, 2.05) is 26.2 Å². The van der Waals surface area contributed by atoms with Gasteiger partial charge in [0.25, 0.3) is 0 Å². The van der Waals surface area contributed by atoms with Gasteiger partial charge >= 0.3 is 5.97 Å². The van der Waals surface area contributed by atoms with Crippen molar-refractivity contribution in [2.45, 2.75) is 6.54 Å². The molecule has 0 aliphatic carbocycles. The van der Waals surface area contributed by atoms with E-state index in [1.165, 1.54) is 0 Å². The van der Waals surface area contributed by atoms with Gasteiger partial charge in [-0.05, 0) is 25.2 Å². The van der Waals surface area contributed by atoms with Crippen molar-refractivity contribution in [3.63, 3.8) is 0 Å². The Morgan fingerprint density at radius 1 is 1.33 bits per heavy atom. The summed E-state index contributed by atoms with van der Waals surface area (Å²) in [5.74, 6) is -0.977. The van der Waals surface area contributed by atoms with Gasteiger partial charge in [0.05, 0.1) is 5.57 Å². The van der Waals surface area contributed by atoms with Gasteiger partial charge in [-0.1, -0.05) is 30.8 Å². The Balaban J connectivity index is 2.81. The van der Waals surface area contributed by atoms with Gasteiger partial charge in [-0.3, -0.25) is 0 Å². The number of hydrogen-bond donors (Lipinski definition) is 1. The first-order valence-corrected chi connectivity index (χ1v) is 4.67. The normalized spacial score (nSPS) is 10.3. The van der Waals surface area contributed by atoms with Crippen LogP contribution in [0.1, 0.15) is 11.1 Å². The monoisotopic (exact) mass is 205 g/mol. The molecule has 1 aromatic carbocycles. The lowest BCUT2D eigenvalue weighted by Gasteiger charge is -2.09. The quantitative estimate of drug-likeness (QED) is 0.762. The fraction of sp³-hybridized carbons (Fsp3) is 0.250. The van der Waals surface area contributed by atoms with E-state index in [4.69, 9.17) is 5.11 Å². The zero-order chi connectivity index (χ0) is 11.4. The van der Waals surface area contributed by atoms with E-state index in [0.717, 1.165) is 12.1 Å². The fourth-order valence-electron chi connectivity index (χ4n) is 1.30. The van der Waals surface area contributed by atoms with Crippen LogP contribution < -0.4 is 0 Å². The molecule has 0 saturated carbocycles. The number of carboxylic acid groups (broad SMARTS) is 1. The Morgan fingerprint density at radius 3 is 2.27 bits per heavy atom. The zero-order valence-corrected chi connectivity index (χ0v) is 9.03. The largest absolute Gasteiger partial charge is 0.478 e. The van der Waals surface area contributed by atoms with Gasteiger partial charge in [0.15, 0.2) is 0 Å². The van der Waals surface area contributed by atoms with Crippen molar-refractivity contribution in [2.75, 3.05) is 14.1 Å². The summed E-state index contributed by atoms with van der Waals surface area (Å²) in [5.41, 5.74) is 1.94. The second-order valence-electron chi connectivity index (χ2n) is 3.72. The predicted molar refractivity (Wildman–Crippen MR) is 60.5 cm³/mol. The molecule has 15 heavy (non-hydrogen) atoms. The summed E-state index contributed by atoms with van der Waals surface area (Å²) in [4.78, 5) is 12.7. The molecular weight excluding hydrogens is 190 g/mol. The average molecular weight is 205 g/mol. The first-order chi connectivity index (χ1) is 7.00. The third kappa shape index (κ3) is 3.22. The summed E-state index contributed by atoms with van der Waals surface area (Å²) in [6.45, 7) is 4.35. The van der Waals surface area contributed by atoms with Gasteiger partial charge in [0, 0.05) is 6.54 Å². The standard InChI is InChI=1S/C12H15NO2/c1-9(12(14)15)11-6-4-10(5-7-11)8-13(2)3/h4-7H,1,8H2,2-3H3,(H,14,15). The highest BCUT2D eigenvalue weighted by Gasteiger charge is 2.06. The van der Waals surface area contributed by atoms with Crippen molar-refractivity contribution < 1.29 is 9.90 Å². The fourth-order valence-corrected chi connectivity index (χ4v) is 1.30. The van der Waals surface area contributed by atoms with Crippen LogP contribution in [-0.2, 0) is 11.3 Å². The molecule has 0 unspecified atom stereocenters. The Morgan fingerprint density at radius 2 is 1.87 bits per heavy atom. The van der Waals surface area contributed by atoms with Crippen molar-refractivity contribution >= 4 is 11.5 Å². The molecule has 1 N–H and O–H groups in total. The topological polar surface area (TPSA) is 40.5 Å². The highest BCUT2D eigenvalue weighted by atomic mass is 16.4. The van der Waals surface area contributed by atoms with Crippen molar-refractivity contribution in [2.24, 2.45) is 0 Å². The van der Waals surface area contributed by atoms with Crippen LogP contribution in [0.2, 0.25) is 0 Å². The summed E-state index contributed by atoms with van der Waals surface area (Å²) in [7, 11) is 3.98. The zero-order valence-electron chi connectivity index (χ0n) is 9.03. The highest BCUT2D eigenvalue weighted by molar-refractivity contribution is 6.14. The first-order valence-electron chi connectivity index (χ1n) is 4.67. The lowest BCUT2D eigenvalue weighted by atomic mass is 10.1. The molecule has 80 valence electrons. The third-order valence-electron chi connectivity index (χ3n) is 2.06. The van der Waals surface area contributed by atoms with Crippen LogP contribution in [0.4, 0.5) is 0 Å². The minimum atomic E-state index is -0.977. The van der Waals surface area contributed by atoms with Crippen LogP contribution in [0.5, 0.6) is 0 Å². The molecule has 0 saturated heterocycles. The molecule has 0 atom stereocenters. The maximum absolute atomic E-state index is 10.7. The van der Waals surface area contributed by atoms with Crippen LogP contribution in [0.25, 0.3) is 5.57 Å². The minimum Gasteiger partial charge on any atom is -0.478 e. The lowest BCUT2D eigenvalue weighted by Crippen LogP contribution is -2.10. The van der Waals surface area contributed by atoms with Gasteiger partial charge in [-0.2, -0.15) is 0 Å². The van der Waals surface area contributed by atoms with E-state index in [0.29, 0.717) is 5.56 Å². The van der Waals surface area contributed by atoms with E-state index in [9.17, 15) is 4.79 Å². The van der Waals surface area contributed by atoms with Gasteiger partial charge in [-0.15, -0.1) is 0 Å². The van der Waals surface area contributed by atoms with Crippen LogP contribution in [0.15, 0.2) is 30.8 Å². The molecule has 0 amide bonds. The van der Waals surface area contributed by atoms with E-state index >= 15 is 0 Å². The molecular formula is C12H15NO2. The van der Waals surface area contributed by atoms with E-state index in [-0.39, 0.29) is 5.57 Å². The van der Waals surface area contributed by atoms with Crippen LogP contribution in [0.3, 0.4) is 0 Å². The number of rotatable bonds is 4. The maximum atomic E-state index is 10.7. The Kier molecular flexibility index (Phi) is 3.63. The molecule has 0 spiro atoms. The van der Waals surface area contributed by atoms with Crippen molar-refractivity contribution in [3.05, 3.63) is 42.0 Å². The SMILES string of the molecule is C=C(C(=O)O)c1ccc(CN(C)C)cc1. The maximum Gasteiger partial charge on any atom is 0.335 e. The predicted octanol–water partition coefficient (Wildman–Crippen LogP) is 1.85. The Bertz CT molecular complexity index is 366. The molecule has 0 aromatic heterocycles. The molecule has 0 bridgehead atoms. The molecule has 0 radical (unpaired) electrons. The number of nitrogens with zero attached hydrogens (tertiary/aromatic N) is 1. The van der Waals surface area contributed by atoms with E-state index < -0.39 is 5.97 Å². The van der Waals surface area contributed by atoms with Crippen molar-refractivity contribution in [3.8, 4) is 0 Å². The number of carboxylic acids is 1. The summed E-state index contributed by atoms with van der Waals surface area (Å²) < 4.78 is 0. The second kappa shape index (κ2) is 4.75. The highest BCUT2D eigenvalue weighted by Crippen LogP contribution is 2.14. The summed E-state index contributed by atoms with van der Waals surface area (Å²) in [5, 5.41) is 8.74. The van der Waals surface area contributed by atoms with E-state index in [2.05, 4.69) is 11.5 Å². The lowest BCUT2D eigenvalue weighted by molar-refractivity contribution is -0.130.